The molecule has 0 bridgehead atoms. The van der Waals surface area contributed by atoms with Gasteiger partial charge in [0.25, 0.3) is 0 Å². The van der Waals surface area contributed by atoms with Crippen molar-refractivity contribution in [2.75, 3.05) is 0 Å². The number of hydrogen-bond donors (Lipinski definition) is 2. The van der Waals surface area contributed by atoms with Crippen molar-refractivity contribution in [2.24, 2.45) is 0 Å². The van der Waals surface area contributed by atoms with E-state index in [4.69, 9.17) is 9.32 Å². The first-order chi connectivity index (χ1) is 2.00. The van der Waals surface area contributed by atoms with Crippen molar-refractivity contribution in [1.82, 2.24) is 0 Å². The average molecular weight is 191 g/mol. The van der Waals surface area contributed by atoms with Crippen LogP contribution in [0.2, 0.25) is 0 Å². The van der Waals surface area contributed by atoms with Crippen LogP contribution in [-0.4, -0.2) is 75.6 Å². The predicted octanol–water partition coefficient (Wildman–Crippen LogP) is -0.871. The molecule has 0 aliphatic carbocycles. The fourth-order valence-corrected chi connectivity index (χ4v) is 0. The fraction of sp³-hybridized carbons (Fsp3) is 0. The molecule has 0 atom stereocenters. The summed E-state index contributed by atoms with van der Waals surface area (Å²) in [7, 11) is 0. The second-order valence-electron chi connectivity index (χ2n) is 0. The van der Waals surface area contributed by atoms with Gasteiger partial charge in [-0.25, -0.2) is 0 Å². The molecule has 0 heterocycles. The number of hydrogen-bond acceptors (Lipinski definition) is 2. The summed E-state index contributed by atoms with van der Waals surface area (Å²) in [4.78, 5) is 0. The van der Waals surface area contributed by atoms with Gasteiger partial charge in [0.2, 0.25) is 0 Å². The summed E-state index contributed by atoms with van der Waals surface area (Å²) in [6.45, 7) is 0. The van der Waals surface area contributed by atoms with E-state index in [2.05, 4.69) is 23.7 Å². The third kappa shape index (κ3) is 57.8. The van der Waals surface area contributed by atoms with Crippen molar-refractivity contribution in [3.8, 4) is 0 Å². The molecule has 0 unspecified atom stereocenters. The minimum atomic E-state index is 0. The zero-order chi connectivity index (χ0) is 4.00. The molecule has 7 heavy (non-hydrogen) atoms. The van der Waals surface area contributed by atoms with E-state index in [0.717, 1.165) is 0 Å². The van der Waals surface area contributed by atoms with E-state index < -0.39 is 0 Å². The van der Waals surface area contributed by atoms with Gasteiger partial charge in [0.15, 0.2) is 0 Å². The predicted molar refractivity (Wildman–Crippen MR) is 35.7 cm³/mol. The molecule has 3 nitrogen and oxygen atoms in total. The van der Waals surface area contributed by atoms with Gasteiger partial charge in [0.05, 0.1) is 23.7 Å². The summed E-state index contributed by atoms with van der Waals surface area (Å²) in [6, 6.07) is 0. The molecule has 0 amide bonds. The van der Waals surface area contributed by atoms with Crippen molar-refractivity contribution < 1.29 is 20.5 Å². The van der Waals surface area contributed by atoms with Gasteiger partial charge in [-0.05, 0) is 0 Å². The van der Waals surface area contributed by atoms with Crippen molar-refractivity contribution >= 4 is 84.5 Å². The van der Waals surface area contributed by atoms with E-state index in [1.54, 1.807) is 0 Å². The van der Waals surface area contributed by atoms with E-state index in [9.17, 15) is 0 Å². The Hall–Kier alpha value is 2.49. The number of rotatable bonds is 0. The van der Waals surface area contributed by atoms with Gasteiger partial charge in [-0.3, -0.25) is 9.32 Å². The Morgan fingerprint density at radius 3 is 1.00 bits per heavy atom. The van der Waals surface area contributed by atoms with Crippen LogP contribution in [0.4, 0.5) is 0 Å². The third-order valence-corrected chi connectivity index (χ3v) is 0. The minimum absolute atomic E-state index is 0. The smallest absolute Gasteiger partial charge is 1.00 e. The summed E-state index contributed by atoms with van der Waals surface area (Å²) in [5.41, 5.74) is 0. The topological polar surface area (TPSA) is 72.0 Å². The molecule has 7 heteroatoms. The van der Waals surface area contributed by atoms with E-state index >= 15 is 0 Å². The molecule has 0 spiro atoms. The molecule has 0 aromatic carbocycles. The monoisotopic (exact) mass is 190 g/mol. The van der Waals surface area contributed by atoms with Crippen molar-refractivity contribution in [2.45, 2.75) is 0 Å². The van der Waals surface area contributed by atoms with Crippen LogP contribution in [0.5, 0.6) is 0 Å². The fourth-order valence-electron chi connectivity index (χ4n) is 0. The SMILES string of the molecule is O.OCl.OCl.[Ca+2].[H-].[H-].[H-].[H-].[Mg+2]. The summed E-state index contributed by atoms with van der Waals surface area (Å²) < 4.78 is 12.9. The second kappa shape index (κ2) is 76.9. The van der Waals surface area contributed by atoms with E-state index in [0.29, 0.717) is 0 Å². The van der Waals surface area contributed by atoms with Gasteiger partial charge >= 0.3 is 60.8 Å². The Morgan fingerprint density at radius 1 is 1.00 bits per heavy atom. The van der Waals surface area contributed by atoms with E-state index in [1.165, 1.54) is 0 Å². The molecule has 0 saturated heterocycles. The summed E-state index contributed by atoms with van der Waals surface area (Å²) in [6.07, 6.45) is 0. The van der Waals surface area contributed by atoms with Crippen LogP contribution in [0.15, 0.2) is 0 Å². The molecule has 0 aromatic rings. The summed E-state index contributed by atoms with van der Waals surface area (Å²) in [5, 5.41) is 0. The Morgan fingerprint density at radius 2 is 1.00 bits per heavy atom. The molecule has 4 N–H and O–H groups in total. The Labute approximate surface area is 104 Å². The summed E-state index contributed by atoms with van der Waals surface area (Å²) >= 11 is 7.28. The van der Waals surface area contributed by atoms with E-state index in [1.807, 2.05) is 0 Å². The second-order valence-corrected chi connectivity index (χ2v) is 0. The molecule has 0 aliphatic heterocycles. The van der Waals surface area contributed by atoms with Gasteiger partial charge in [-0.2, -0.15) is 0 Å². The standard InChI is InChI=1S/Ca.2ClHO.Mg.H2O.4H/c;2*1-2;;;;;;/h;2*2H;;1H2;;;;/q+2;;;+2;;4*-1. The molecular formula is H8CaCl2MgO3. The molecule has 0 aromatic heterocycles. The Balaban J connectivity index is -0.000000000635. The molecular weight excluding hydrogens is 183 g/mol. The van der Waals surface area contributed by atoms with Crippen LogP contribution >= 0.6 is 23.7 Å². The van der Waals surface area contributed by atoms with Crippen LogP contribution in [0.3, 0.4) is 0 Å². The maximum absolute atomic E-state index is 6.47. The van der Waals surface area contributed by atoms with Gasteiger partial charge in [0, 0.05) is 0 Å². The zero-order valence-corrected chi connectivity index (χ0v) is 8.70. The van der Waals surface area contributed by atoms with Crippen LogP contribution < -0.4 is 0 Å². The maximum atomic E-state index is 6.47. The Kier molecular flexibility index (Phi) is 373. The molecule has 44 valence electrons. The van der Waals surface area contributed by atoms with Gasteiger partial charge < -0.3 is 11.2 Å². The number of halogens is 2. The average Bonchev–Trinajstić information content (AvgIpc) is 1.50. The third-order valence-electron chi connectivity index (χ3n) is 0. The normalized spacial score (nSPS) is 1.71. The Bertz CT molecular complexity index is 23.3. The van der Waals surface area contributed by atoms with Gasteiger partial charge in [-0.15, -0.1) is 0 Å². The molecule has 0 saturated carbocycles. The molecule has 0 fully saturated rings. The maximum Gasteiger partial charge on any atom is 2.00 e. The largest absolute Gasteiger partial charge is 2.00 e. The van der Waals surface area contributed by atoms with Crippen LogP contribution in [-0.2, 0) is 0 Å². The van der Waals surface area contributed by atoms with Crippen LogP contribution in [0, 0.1) is 0 Å². The van der Waals surface area contributed by atoms with Gasteiger partial charge in [-0.1, -0.05) is 0 Å². The van der Waals surface area contributed by atoms with E-state index in [-0.39, 0.29) is 72.0 Å². The van der Waals surface area contributed by atoms with Crippen LogP contribution in [0.25, 0.3) is 0 Å². The molecule has 0 aliphatic rings. The molecule has 0 rings (SSSR count). The first-order valence-corrected chi connectivity index (χ1v) is 1.01. The molecule has 0 radical (unpaired) electrons. The first-order valence-electron chi connectivity index (χ1n) is 0.338. The van der Waals surface area contributed by atoms with Crippen molar-refractivity contribution in [3.63, 3.8) is 0 Å². The van der Waals surface area contributed by atoms with Crippen LogP contribution in [0.1, 0.15) is 5.71 Å². The van der Waals surface area contributed by atoms with Crippen molar-refractivity contribution in [1.29, 1.82) is 0 Å². The van der Waals surface area contributed by atoms with Crippen molar-refractivity contribution in [3.05, 3.63) is 0 Å². The quantitative estimate of drug-likeness (QED) is 0.489. The minimum Gasteiger partial charge on any atom is -1.00 e. The summed E-state index contributed by atoms with van der Waals surface area (Å²) in [5.74, 6) is 0. The zero-order valence-electron chi connectivity index (χ0n) is 7.56. The van der Waals surface area contributed by atoms with Gasteiger partial charge in [0.1, 0.15) is 0 Å². The first kappa shape index (κ1) is 33.9.